The van der Waals surface area contributed by atoms with Gasteiger partial charge in [0.05, 0.1) is 0 Å². The molecule has 1 aliphatic heterocycles. The van der Waals surface area contributed by atoms with Gasteiger partial charge in [-0.3, -0.25) is 0 Å². The highest BCUT2D eigenvalue weighted by Crippen LogP contribution is 2.40. The van der Waals surface area contributed by atoms with Crippen LogP contribution in [0.5, 0.6) is 5.75 Å². The normalized spacial score (nSPS) is 25.1. The van der Waals surface area contributed by atoms with E-state index < -0.39 is 0 Å². The molecule has 136 valence electrons. The Morgan fingerprint density at radius 2 is 2.08 bits per heavy atom. The second-order valence-corrected chi connectivity index (χ2v) is 7.80. The molecule has 1 fully saturated rings. The summed E-state index contributed by atoms with van der Waals surface area (Å²) in [5.74, 6) is 1.03. The van der Waals surface area contributed by atoms with Gasteiger partial charge in [0, 0.05) is 18.7 Å². The van der Waals surface area contributed by atoms with Crippen molar-refractivity contribution in [2.75, 3.05) is 26.7 Å². The molecule has 2 atom stereocenters. The molecule has 0 aromatic heterocycles. The van der Waals surface area contributed by atoms with Crippen LogP contribution in [0.15, 0.2) is 18.2 Å². The number of unbranched alkanes of at least 4 members (excludes halogenated alkanes) is 3. The number of benzene rings is 1. The average Bonchev–Trinajstić information content (AvgIpc) is 2.57. The monoisotopic (exact) mass is 332 g/mol. The van der Waals surface area contributed by atoms with Crippen molar-refractivity contribution in [3.8, 4) is 5.75 Å². The van der Waals surface area contributed by atoms with Gasteiger partial charge in [-0.2, -0.15) is 0 Å². The maximum absolute atomic E-state index is 10.3. The van der Waals surface area contributed by atoms with Gasteiger partial charge in [-0.05, 0) is 55.9 Å². The van der Waals surface area contributed by atoms with Gasteiger partial charge >= 0.3 is 0 Å². The zero-order chi connectivity index (χ0) is 17.6. The first-order valence-electron chi connectivity index (χ1n) is 9.70. The molecule has 24 heavy (non-hydrogen) atoms. The maximum Gasteiger partial charge on any atom is 0.120 e. The van der Waals surface area contributed by atoms with Gasteiger partial charge in [0.1, 0.15) is 5.75 Å². The molecule has 1 heterocycles. The van der Waals surface area contributed by atoms with Crippen LogP contribution in [0.1, 0.15) is 64.0 Å². The molecule has 3 nitrogen and oxygen atoms in total. The van der Waals surface area contributed by atoms with Crippen LogP contribution in [0.3, 0.4) is 0 Å². The standard InChI is InChI=1S/C21H36N2O/c1-5-6-7-8-12-23-13-11-21(3,17(2)16-23)19-10-9-18(15-22-4)20(24)14-19/h9-10,14,17,22,24H,5-8,11-13,15-16H2,1-4H3/t17-,21-/m0/s1. The van der Waals surface area contributed by atoms with E-state index >= 15 is 0 Å². The summed E-state index contributed by atoms with van der Waals surface area (Å²) in [6.07, 6.45) is 6.53. The second-order valence-electron chi connectivity index (χ2n) is 7.80. The highest BCUT2D eigenvalue weighted by molar-refractivity contribution is 5.40. The lowest BCUT2D eigenvalue weighted by Gasteiger charge is -2.45. The van der Waals surface area contributed by atoms with E-state index in [2.05, 4.69) is 43.1 Å². The average molecular weight is 333 g/mol. The number of piperidine rings is 1. The summed E-state index contributed by atoms with van der Waals surface area (Å²) in [4.78, 5) is 2.64. The number of aromatic hydroxyl groups is 1. The van der Waals surface area contributed by atoms with Crippen LogP contribution in [0.25, 0.3) is 0 Å². The first kappa shape index (κ1) is 19.3. The highest BCUT2D eigenvalue weighted by atomic mass is 16.3. The predicted molar refractivity (Wildman–Crippen MR) is 103 cm³/mol. The van der Waals surface area contributed by atoms with Gasteiger partial charge in [0.2, 0.25) is 0 Å². The topological polar surface area (TPSA) is 35.5 Å². The van der Waals surface area contributed by atoms with E-state index in [1.165, 1.54) is 57.3 Å². The molecule has 0 aliphatic carbocycles. The van der Waals surface area contributed by atoms with Gasteiger partial charge < -0.3 is 15.3 Å². The molecule has 1 aliphatic rings. The third-order valence-corrected chi connectivity index (χ3v) is 6.01. The molecule has 0 amide bonds. The zero-order valence-electron chi connectivity index (χ0n) is 16.1. The van der Waals surface area contributed by atoms with E-state index in [0.717, 1.165) is 5.56 Å². The lowest BCUT2D eigenvalue weighted by Crippen LogP contribution is -2.47. The summed E-state index contributed by atoms with van der Waals surface area (Å²) < 4.78 is 0. The number of rotatable bonds is 8. The summed E-state index contributed by atoms with van der Waals surface area (Å²) >= 11 is 0. The van der Waals surface area contributed by atoms with Crippen molar-refractivity contribution in [2.45, 2.75) is 64.8 Å². The number of hydrogen-bond acceptors (Lipinski definition) is 3. The van der Waals surface area contributed by atoms with Crippen LogP contribution in [0, 0.1) is 5.92 Å². The van der Waals surface area contributed by atoms with Crippen LogP contribution < -0.4 is 5.32 Å². The lowest BCUT2D eigenvalue weighted by molar-refractivity contribution is 0.109. The minimum Gasteiger partial charge on any atom is -0.508 e. The number of nitrogens with zero attached hydrogens (tertiary/aromatic N) is 1. The molecule has 3 heteroatoms. The SMILES string of the molecule is CCCCCCN1CC[C@](C)(c2ccc(CNC)c(O)c2)[C@@H](C)C1. The van der Waals surface area contributed by atoms with Crippen LogP contribution in [0.4, 0.5) is 0 Å². The minimum atomic E-state index is 0.162. The van der Waals surface area contributed by atoms with E-state index in [0.29, 0.717) is 18.2 Å². The minimum absolute atomic E-state index is 0.162. The summed E-state index contributed by atoms with van der Waals surface area (Å²) in [5, 5.41) is 13.4. The number of nitrogens with one attached hydrogen (secondary N) is 1. The van der Waals surface area contributed by atoms with Crippen LogP contribution in [-0.4, -0.2) is 36.7 Å². The van der Waals surface area contributed by atoms with E-state index in [1.807, 2.05) is 13.1 Å². The Morgan fingerprint density at radius 3 is 2.71 bits per heavy atom. The van der Waals surface area contributed by atoms with Crippen molar-refractivity contribution >= 4 is 0 Å². The summed E-state index contributed by atoms with van der Waals surface area (Å²) in [5.41, 5.74) is 2.43. The zero-order valence-corrected chi connectivity index (χ0v) is 16.1. The molecule has 1 saturated heterocycles. The third-order valence-electron chi connectivity index (χ3n) is 6.01. The van der Waals surface area contributed by atoms with Crippen LogP contribution in [-0.2, 0) is 12.0 Å². The van der Waals surface area contributed by atoms with Crippen molar-refractivity contribution in [2.24, 2.45) is 5.92 Å². The molecule has 2 N–H and O–H groups in total. The number of phenols is 1. The Morgan fingerprint density at radius 1 is 1.29 bits per heavy atom. The van der Waals surface area contributed by atoms with E-state index in [-0.39, 0.29) is 5.41 Å². The highest BCUT2D eigenvalue weighted by Gasteiger charge is 2.38. The quantitative estimate of drug-likeness (QED) is 0.697. The van der Waals surface area contributed by atoms with Gasteiger partial charge in [0.25, 0.3) is 0 Å². The Hall–Kier alpha value is -1.06. The van der Waals surface area contributed by atoms with Gasteiger partial charge in [-0.15, -0.1) is 0 Å². The third kappa shape index (κ3) is 4.52. The molecule has 0 saturated carbocycles. The molecule has 0 spiro atoms. The largest absolute Gasteiger partial charge is 0.508 e. The summed E-state index contributed by atoms with van der Waals surface area (Å²) in [6.45, 7) is 11.3. The summed E-state index contributed by atoms with van der Waals surface area (Å²) in [6, 6.07) is 6.30. The Balaban J connectivity index is 1.99. The Bertz CT molecular complexity index is 517. The molecular weight excluding hydrogens is 296 g/mol. The van der Waals surface area contributed by atoms with Crippen molar-refractivity contribution in [1.29, 1.82) is 0 Å². The fourth-order valence-electron chi connectivity index (χ4n) is 3.97. The first-order valence-corrected chi connectivity index (χ1v) is 9.70. The van der Waals surface area contributed by atoms with Crippen LogP contribution in [0.2, 0.25) is 0 Å². The van der Waals surface area contributed by atoms with Gasteiger partial charge in [0.15, 0.2) is 0 Å². The Labute approximate surface area is 148 Å². The first-order chi connectivity index (χ1) is 11.5. The van der Waals surface area contributed by atoms with E-state index in [4.69, 9.17) is 0 Å². The molecule has 0 radical (unpaired) electrons. The van der Waals surface area contributed by atoms with Gasteiger partial charge in [-0.25, -0.2) is 0 Å². The molecule has 2 rings (SSSR count). The Kier molecular flexibility index (Phi) is 7.12. The molecule has 1 aromatic carbocycles. The predicted octanol–water partition coefficient (Wildman–Crippen LogP) is 4.29. The van der Waals surface area contributed by atoms with Crippen molar-refractivity contribution < 1.29 is 5.11 Å². The fourth-order valence-corrected chi connectivity index (χ4v) is 3.97. The number of likely N-dealkylation sites (tertiary alicyclic amines) is 1. The lowest BCUT2D eigenvalue weighted by atomic mass is 9.68. The van der Waals surface area contributed by atoms with Crippen molar-refractivity contribution in [3.05, 3.63) is 29.3 Å². The van der Waals surface area contributed by atoms with Gasteiger partial charge in [-0.1, -0.05) is 52.2 Å². The second kappa shape index (κ2) is 8.87. The molecule has 1 aromatic rings. The molecule has 0 bridgehead atoms. The smallest absolute Gasteiger partial charge is 0.120 e. The number of phenolic OH excluding ortho intramolecular Hbond substituents is 1. The summed E-state index contributed by atoms with van der Waals surface area (Å²) in [7, 11) is 1.91. The van der Waals surface area contributed by atoms with E-state index in [1.54, 1.807) is 0 Å². The maximum atomic E-state index is 10.3. The van der Waals surface area contributed by atoms with Crippen molar-refractivity contribution in [1.82, 2.24) is 10.2 Å². The van der Waals surface area contributed by atoms with Crippen LogP contribution >= 0.6 is 0 Å². The number of hydrogen-bond donors (Lipinski definition) is 2. The van der Waals surface area contributed by atoms with E-state index in [9.17, 15) is 5.11 Å². The fraction of sp³-hybridized carbons (Fsp3) is 0.714. The molecule has 0 unspecified atom stereocenters. The van der Waals surface area contributed by atoms with Crippen molar-refractivity contribution in [3.63, 3.8) is 0 Å². The molecular formula is C21H36N2O.